The van der Waals surface area contributed by atoms with E-state index in [2.05, 4.69) is 5.32 Å². The van der Waals surface area contributed by atoms with Crippen LogP contribution in [0, 0.1) is 0 Å². The van der Waals surface area contributed by atoms with Crippen LogP contribution in [0.4, 0.5) is 5.69 Å². The van der Waals surface area contributed by atoms with Crippen molar-refractivity contribution in [3.63, 3.8) is 0 Å². The minimum atomic E-state index is -0.993. The minimum absolute atomic E-state index is 0.147. The Labute approximate surface area is 156 Å². The SMILES string of the molecule is CC(=O)c1cc(C(=O)O[C@H](C)C(=O)Nc2cccc3ccccc23)n(C)c1. The second-order valence-electron chi connectivity index (χ2n) is 6.34. The first kappa shape index (κ1) is 18.4. The van der Waals surface area contributed by atoms with Gasteiger partial charge in [0.1, 0.15) is 5.69 Å². The molecule has 0 saturated heterocycles. The lowest BCUT2D eigenvalue weighted by Gasteiger charge is -2.15. The van der Waals surface area contributed by atoms with E-state index < -0.39 is 18.0 Å². The Morgan fingerprint density at radius 2 is 1.78 bits per heavy atom. The Morgan fingerprint density at radius 1 is 1.07 bits per heavy atom. The molecular formula is C21H20N2O4. The third-order valence-corrected chi connectivity index (χ3v) is 4.32. The number of fused-ring (bicyclic) bond motifs is 1. The van der Waals surface area contributed by atoms with Gasteiger partial charge in [-0.05, 0) is 31.4 Å². The number of amides is 1. The normalized spacial score (nSPS) is 11.8. The number of carbonyl (C=O) groups is 3. The van der Waals surface area contributed by atoms with Crippen molar-refractivity contribution in [1.29, 1.82) is 0 Å². The first-order chi connectivity index (χ1) is 12.9. The number of ketones is 1. The lowest BCUT2D eigenvalue weighted by molar-refractivity contribution is -0.123. The fourth-order valence-electron chi connectivity index (χ4n) is 2.80. The second kappa shape index (κ2) is 7.45. The largest absolute Gasteiger partial charge is 0.448 e. The molecule has 1 aromatic heterocycles. The van der Waals surface area contributed by atoms with Crippen LogP contribution in [-0.4, -0.2) is 28.3 Å². The number of nitrogens with one attached hydrogen (secondary N) is 1. The summed E-state index contributed by atoms with van der Waals surface area (Å²) in [5.41, 5.74) is 1.28. The Balaban J connectivity index is 1.72. The molecule has 0 aliphatic rings. The van der Waals surface area contributed by atoms with Crippen LogP contribution in [-0.2, 0) is 16.6 Å². The molecule has 1 amide bonds. The van der Waals surface area contributed by atoms with E-state index in [9.17, 15) is 14.4 Å². The van der Waals surface area contributed by atoms with Crippen LogP contribution in [0.5, 0.6) is 0 Å². The summed E-state index contributed by atoms with van der Waals surface area (Å²) in [6.07, 6.45) is 0.562. The number of aryl methyl sites for hydroxylation is 1. The number of benzene rings is 2. The number of nitrogens with zero attached hydrogens (tertiary/aromatic N) is 1. The van der Waals surface area contributed by atoms with E-state index >= 15 is 0 Å². The van der Waals surface area contributed by atoms with Crippen LogP contribution in [0.3, 0.4) is 0 Å². The van der Waals surface area contributed by atoms with E-state index in [-0.39, 0.29) is 11.5 Å². The van der Waals surface area contributed by atoms with Crippen LogP contribution in [0.2, 0.25) is 0 Å². The predicted octanol–water partition coefficient (Wildman–Crippen LogP) is 3.56. The number of hydrogen-bond donors (Lipinski definition) is 1. The zero-order valence-corrected chi connectivity index (χ0v) is 15.4. The smallest absolute Gasteiger partial charge is 0.355 e. The van der Waals surface area contributed by atoms with Gasteiger partial charge in [0.2, 0.25) is 0 Å². The number of esters is 1. The van der Waals surface area contributed by atoms with Crippen LogP contribution < -0.4 is 5.32 Å². The van der Waals surface area contributed by atoms with Crippen molar-refractivity contribution < 1.29 is 19.1 Å². The third kappa shape index (κ3) is 3.89. The van der Waals surface area contributed by atoms with Crippen LogP contribution in [0.1, 0.15) is 34.7 Å². The van der Waals surface area contributed by atoms with Crippen molar-refractivity contribution in [2.75, 3.05) is 5.32 Å². The van der Waals surface area contributed by atoms with E-state index in [0.29, 0.717) is 11.3 Å². The number of hydrogen-bond acceptors (Lipinski definition) is 4. The molecule has 0 spiro atoms. The van der Waals surface area contributed by atoms with Gasteiger partial charge in [0, 0.05) is 29.9 Å². The van der Waals surface area contributed by atoms with Crippen molar-refractivity contribution in [2.45, 2.75) is 20.0 Å². The molecule has 6 nitrogen and oxygen atoms in total. The fraction of sp³-hybridized carbons (Fsp3) is 0.190. The number of anilines is 1. The Kier molecular flexibility index (Phi) is 5.07. The van der Waals surface area contributed by atoms with Gasteiger partial charge in [0.25, 0.3) is 5.91 Å². The molecule has 0 radical (unpaired) electrons. The first-order valence-corrected chi connectivity index (χ1v) is 8.53. The van der Waals surface area contributed by atoms with Crippen LogP contribution >= 0.6 is 0 Å². The molecule has 2 aromatic carbocycles. The van der Waals surface area contributed by atoms with Crippen molar-refractivity contribution in [2.24, 2.45) is 7.05 Å². The van der Waals surface area contributed by atoms with Gasteiger partial charge in [-0.2, -0.15) is 0 Å². The quantitative estimate of drug-likeness (QED) is 0.555. The van der Waals surface area contributed by atoms with Gasteiger partial charge in [-0.15, -0.1) is 0 Å². The summed E-state index contributed by atoms with van der Waals surface area (Å²) in [7, 11) is 1.64. The number of aromatic nitrogens is 1. The van der Waals surface area contributed by atoms with Crippen molar-refractivity contribution >= 4 is 34.1 Å². The zero-order chi connectivity index (χ0) is 19.6. The molecule has 1 N–H and O–H groups in total. The molecular weight excluding hydrogens is 344 g/mol. The Bertz CT molecular complexity index is 1030. The fourth-order valence-corrected chi connectivity index (χ4v) is 2.80. The summed E-state index contributed by atoms with van der Waals surface area (Å²) in [4.78, 5) is 36.3. The molecule has 138 valence electrons. The molecule has 0 saturated carbocycles. The second-order valence-corrected chi connectivity index (χ2v) is 6.34. The van der Waals surface area contributed by atoms with Crippen molar-refractivity contribution in [3.05, 3.63) is 66.0 Å². The van der Waals surface area contributed by atoms with Gasteiger partial charge in [0.15, 0.2) is 11.9 Å². The standard InChI is InChI=1S/C21H20N2O4/c1-13(24)16-11-19(23(3)12-16)21(26)27-14(2)20(25)22-18-10-6-8-15-7-4-5-9-17(15)18/h4-12,14H,1-3H3,(H,22,25)/t14-/m1/s1. The number of ether oxygens (including phenoxy) is 1. The van der Waals surface area contributed by atoms with E-state index in [1.165, 1.54) is 24.5 Å². The van der Waals surface area contributed by atoms with Gasteiger partial charge in [-0.25, -0.2) is 4.79 Å². The molecule has 1 atom stereocenters. The summed E-state index contributed by atoms with van der Waals surface area (Å²) >= 11 is 0. The van der Waals surface area contributed by atoms with Crippen molar-refractivity contribution in [3.8, 4) is 0 Å². The van der Waals surface area contributed by atoms with Crippen LogP contribution in [0.15, 0.2) is 54.7 Å². The molecule has 0 bridgehead atoms. The molecule has 27 heavy (non-hydrogen) atoms. The number of Topliss-reactive ketones (excluding diaryl/α,β-unsaturated/α-hetero) is 1. The first-order valence-electron chi connectivity index (χ1n) is 8.53. The monoisotopic (exact) mass is 364 g/mol. The van der Waals surface area contributed by atoms with Gasteiger partial charge >= 0.3 is 5.97 Å². The summed E-state index contributed by atoms with van der Waals surface area (Å²) in [6.45, 7) is 2.93. The summed E-state index contributed by atoms with van der Waals surface area (Å²) in [6, 6.07) is 14.7. The average Bonchev–Trinajstić information content (AvgIpc) is 3.04. The highest BCUT2D eigenvalue weighted by Crippen LogP contribution is 2.23. The van der Waals surface area contributed by atoms with Gasteiger partial charge in [-0.3, -0.25) is 9.59 Å². The van der Waals surface area contributed by atoms with E-state index in [0.717, 1.165) is 10.8 Å². The maximum absolute atomic E-state index is 12.5. The lowest BCUT2D eigenvalue weighted by atomic mass is 10.1. The maximum atomic E-state index is 12.5. The zero-order valence-electron chi connectivity index (χ0n) is 15.4. The highest BCUT2D eigenvalue weighted by atomic mass is 16.5. The van der Waals surface area contributed by atoms with Crippen LogP contribution in [0.25, 0.3) is 10.8 Å². The Hall–Kier alpha value is -3.41. The maximum Gasteiger partial charge on any atom is 0.355 e. The summed E-state index contributed by atoms with van der Waals surface area (Å²) in [5, 5.41) is 4.71. The molecule has 0 aliphatic carbocycles. The van der Waals surface area contributed by atoms with E-state index in [1.807, 2.05) is 36.4 Å². The molecule has 0 aliphatic heterocycles. The van der Waals surface area contributed by atoms with E-state index in [1.54, 1.807) is 19.3 Å². The molecule has 6 heteroatoms. The molecule has 1 heterocycles. The molecule has 3 aromatic rings. The predicted molar refractivity (Wildman–Crippen MR) is 103 cm³/mol. The highest BCUT2D eigenvalue weighted by molar-refractivity contribution is 6.04. The number of rotatable bonds is 5. The third-order valence-electron chi connectivity index (χ3n) is 4.32. The highest BCUT2D eigenvalue weighted by Gasteiger charge is 2.22. The average molecular weight is 364 g/mol. The molecule has 0 unspecified atom stereocenters. The van der Waals surface area contributed by atoms with Gasteiger partial charge < -0.3 is 14.6 Å². The number of carbonyl (C=O) groups excluding carboxylic acids is 3. The van der Waals surface area contributed by atoms with Gasteiger partial charge in [-0.1, -0.05) is 36.4 Å². The lowest BCUT2D eigenvalue weighted by Crippen LogP contribution is -2.30. The molecule has 3 rings (SSSR count). The summed E-state index contributed by atoms with van der Waals surface area (Å²) < 4.78 is 6.78. The van der Waals surface area contributed by atoms with Crippen molar-refractivity contribution in [1.82, 2.24) is 4.57 Å². The van der Waals surface area contributed by atoms with Gasteiger partial charge in [0.05, 0.1) is 0 Å². The minimum Gasteiger partial charge on any atom is -0.448 e. The topological polar surface area (TPSA) is 77.4 Å². The molecule has 0 fully saturated rings. The Morgan fingerprint density at radius 3 is 2.48 bits per heavy atom. The summed E-state index contributed by atoms with van der Waals surface area (Å²) in [5.74, 6) is -1.24. The van der Waals surface area contributed by atoms with E-state index in [4.69, 9.17) is 4.74 Å².